The molecule has 1 N–H and O–H groups in total. The van der Waals surface area contributed by atoms with Gasteiger partial charge in [-0.3, -0.25) is 13.9 Å². The van der Waals surface area contributed by atoms with E-state index in [1.807, 2.05) is 6.92 Å². The van der Waals surface area contributed by atoms with Crippen molar-refractivity contribution in [3.05, 3.63) is 96.1 Å². The van der Waals surface area contributed by atoms with Gasteiger partial charge in [0.1, 0.15) is 24.2 Å². The first-order valence-corrected chi connectivity index (χ1v) is 13.2. The molecule has 3 rings (SSSR count). The fourth-order valence-electron chi connectivity index (χ4n) is 3.65. The number of hydrogen-bond donors (Lipinski definition) is 1. The van der Waals surface area contributed by atoms with Gasteiger partial charge in [0.25, 0.3) is 10.0 Å². The van der Waals surface area contributed by atoms with Crippen LogP contribution in [0.15, 0.2) is 83.8 Å². The van der Waals surface area contributed by atoms with Crippen molar-refractivity contribution in [2.75, 3.05) is 17.4 Å². The monoisotopic (exact) mass is 529 g/mol. The number of benzene rings is 3. The number of carbonyl (C=O) groups is 2. The van der Waals surface area contributed by atoms with Crippen LogP contribution in [0.1, 0.15) is 25.8 Å². The minimum absolute atomic E-state index is 0.0870. The molecule has 0 saturated heterocycles. The van der Waals surface area contributed by atoms with Crippen molar-refractivity contribution in [2.24, 2.45) is 0 Å². The first-order valence-electron chi connectivity index (χ1n) is 11.8. The van der Waals surface area contributed by atoms with Crippen LogP contribution in [0, 0.1) is 11.6 Å². The summed E-state index contributed by atoms with van der Waals surface area (Å²) >= 11 is 0. The normalized spacial score (nSPS) is 12.0. The van der Waals surface area contributed by atoms with Crippen molar-refractivity contribution in [1.82, 2.24) is 10.2 Å². The lowest BCUT2D eigenvalue weighted by atomic mass is 10.1. The Morgan fingerprint density at radius 2 is 1.54 bits per heavy atom. The van der Waals surface area contributed by atoms with Gasteiger partial charge in [-0.2, -0.15) is 0 Å². The predicted molar refractivity (Wildman–Crippen MR) is 137 cm³/mol. The third-order valence-electron chi connectivity index (χ3n) is 5.71. The molecule has 0 saturated carbocycles. The molecule has 7 nitrogen and oxygen atoms in total. The van der Waals surface area contributed by atoms with Gasteiger partial charge in [-0.05, 0) is 55.3 Å². The maximum atomic E-state index is 14.8. The van der Waals surface area contributed by atoms with Gasteiger partial charge in [-0.15, -0.1) is 0 Å². The largest absolute Gasteiger partial charge is 0.354 e. The van der Waals surface area contributed by atoms with Gasteiger partial charge in [0, 0.05) is 13.1 Å². The number of amides is 2. The van der Waals surface area contributed by atoms with E-state index in [9.17, 15) is 26.8 Å². The number of nitrogens with one attached hydrogen (secondary N) is 1. The Hall–Kier alpha value is -3.79. The van der Waals surface area contributed by atoms with Gasteiger partial charge in [0.05, 0.1) is 10.6 Å². The second-order valence-corrected chi connectivity index (χ2v) is 10.3. The fraction of sp³-hybridized carbons (Fsp3) is 0.259. The first kappa shape index (κ1) is 27.8. The summed E-state index contributed by atoms with van der Waals surface area (Å²) in [7, 11) is -4.35. The van der Waals surface area contributed by atoms with E-state index in [1.54, 1.807) is 6.07 Å². The number of sulfonamides is 1. The van der Waals surface area contributed by atoms with Crippen LogP contribution in [0.25, 0.3) is 0 Å². The number of anilines is 1. The Morgan fingerprint density at radius 3 is 2.16 bits per heavy atom. The summed E-state index contributed by atoms with van der Waals surface area (Å²) in [6.45, 7) is 2.95. The molecule has 1 atom stereocenters. The molecule has 0 radical (unpaired) electrons. The summed E-state index contributed by atoms with van der Waals surface area (Å²) in [6.07, 6.45) is 0.681. The molecule has 0 aliphatic heterocycles. The van der Waals surface area contributed by atoms with Crippen LogP contribution in [0.5, 0.6) is 0 Å². The predicted octanol–water partition coefficient (Wildman–Crippen LogP) is 4.10. The van der Waals surface area contributed by atoms with Crippen LogP contribution in [-0.2, 0) is 26.2 Å². The molecule has 2 amide bonds. The molecule has 0 spiro atoms. The zero-order chi connectivity index (χ0) is 27.0. The molecule has 3 aromatic rings. The molecule has 0 aliphatic rings. The number of carbonyl (C=O) groups excluding carboxylic acids is 2. The van der Waals surface area contributed by atoms with Crippen LogP contribution in [0.2, 0.25) is 0 Å². The van der Waals surface area contributed by atoms with E-state index in [0.29, 0.717) is 22.8 Å². The van der Waals surface area contributed by atoms with Crippen LogP contribution in [-0.4, -0.2) is 44.3 Å². The van der Waals surface area contributed by atoms with E-state index in [0.717, 1.165) is 6.07 Å². The van der Waals surface area contributed by atoms with E-state index in [4.69, 9.17) is 0 Å². The molecule has 0 bridgehead atoms. The van der Waals surface area contributed by atoms with Crippen LogP contribution in [0.3, 0.4) is 0 Å². The Balaban J connectivity index is 2.01. The first-order chi connectivity index (χ1) is 17.6. The summed E-state index contributed by atoms with van der Waals surface area (Å²) in [4.78, 5) is 27.5. The summed E-state index contributed by atoms with van der Waals surface area (Å²) in [6, 6.07) is 17.1. The van der Waals surface area contributed by atoms with Crippen LogP contribution in [0.4, 0.5) is 14.5 Å². The lowest BCUT2D eigenvalue weighted by molar-refractivity contribution is -0.139. The van der Waals surface area contributed by atoms with Gasteiger partial charge < -0.3 is 10.2 Å². The highest BCUT2D eigenvalue weighted by Gasteiger charge is 2.33. The molecule has 10 heteroatoms. The molecular weight excluding hydrogens is 500 g/mol. The topological polar surface area (TPSA) is 86.8 Å². The Morgan fingerprint density at radius 1 is 0.919 bits per heavy atom. The Labute approximate surface area is 215 Å². The van der Waals surface area contributed by atoms with Gasteiger partial charge >= 0.3 is 0 Å². The van der Waals surface area contributed by atoms with Crippen molar-refractivity contribution in [2.45, 2.75) is 37.8 Å². The number of hydrogen-bond acceptors (Lipinski definition) is 4. The van der Waals surface area contributed by atoms with E-state index in [2.05, 4.69) is 5.32 Å². The number of rotatable bonds is 11. The minimum atomic E-state index is -4.35. The van der Waals surface area contributed by atoms with Crippen molar-refractivity contribution in [3.8, 4) is 0 Å². The quantitative estimate of drug-likeness (QED) is 0.405. The van der Waals surface area contributed by atoms with Crippen LogP contribution >= 0.6 is 0 Å². The van der Waals surface area contributed by atoms with Crippen LogP contribution < -0.4 is 9.62 Å². The molecule has 196 valence electrons. The van der Waals surface area contributed by atoms with E-state index >= 15 is 0 Å². The third-order valence-corrected chi connectivity index (χ3v) is 7.49. The van der Waals surface area contributed by atoms with Crippen molar-refractivity contribution in [3.63, 3.8) is 0 Å². The number of para-hydroxylation sites is 1. The SMILES string of the molecule is CCCNC(=O)C(C)N(Cc1ccc(F)cc1)C(=O)CN(c1ccccc1F)S(=O)(=O)c1ccccc1. The Bertz CT molecular complexity index is 1320. The second kappa shape index (κ2) is 12.4. The molecule has 0 aromatic heterocycles. The van der Waals surface area contributed by atoms with Gasteiger partial charge in [0.15, 0.2) is 0 Å². The molecule has 1 unspecified atom stereocenters. The summed E-state index contributed by atoms with van der Waals surface area (Å²) < 4.78 is 56.1. The van der Waals surface area contributed by atoms with Gasteiger partial charge in [0.2, 0.25) is 11.8 Å². The van der Waals surface area contributed by atoms with Crippen molar-refractivity contribution < 1.29 is 26.8 Å². The number of nitrogens with zero attached hydrogens (tertiary/aromatic N) is 2. The molecule has 0 heterocycles. The standard InChI is InChI=1S/C27H29F2N3O4S/c1-3-17-30-27(34)20(2)31(18-21-13-15-22(28)16-14-21)26(33)19-32(25-12-8-7-11-24(25)29)37(35,36)23-9-5-4-6-10-23/h4-16,20H,3,17-19H2,1-2H3,(H,30,34). The lowest BCUT2D eigenvalue weighted by Gasteiger charge is -2.32. The number of halogens is 2. The van der Waals surface area contributed by atoms with Gasteiger partial charge in [-0.25, -0.2) is 17.2 Å². The highest BCUT2D eigenvalue weighted by Crippen LogP contribution is 2.26. The third kappa shape index (κ3) is 6.91. The van der Waals surface area contributed by atoms with E-state index < -0.39 is 46.1 Å². The summed E-state index contributed by atoms with van der Waals surface area (Å²) in [5, 5.41) is 2.73. The smallest absolute Gasteiger partial charge is 0.264 e. The van der Waals surface area contributed by atoms with Crippen molar-refractivity contribution in [1.29, 1.82) is 0 Å². The lowest BCUT2D eigenvalue weighted by Crippen LogP contribution is -2.51. The maximum Gasteiger partial charge on any atom is 0.264 e. The molecular formula is C27H29F2N3O4S. The summed E-state index contributed by atoms with van der Waals surface area (Å²) in [5.74, 6) is -2.45. The zero-order valence-electron chi connectivity index (χ0n) is 20.6. The molecule has 0 fully saturated rings. The second-order valence-electron chi connectivity index (χ2n) is 8.39. The molecule has 0 aliphatic carbocycles. The molecule has 3 aromatic carbocycles. The summed E-state index contributed by atoms with van der Waals surface area (Å²) in [5.41, 5.74) is 0.234. The average molecular weight is 530 g/mol. The highest BCUT2D eigenvalue weighted by molar-refractivity contribution is 7.92. The average Bonchev–Trinajstić information content (AvgIpc) is 2.90. The fourth-order valence-corrected chi connectivity index (χ4v) is 5.10. The van der Waals surface area contributed by atoms with Crippen molar-refractivity contribution >= 4 is 27.5 Å². The van der Waals surface area contributed by atoms with E-state index in [-0.39, 0.29) is 17.1 Å². The Kier molecular flexibility index (Phi) is 9.35. The highest BCUT2D eigenvalue weighted by atomic mass is 32.2. The molecule has 37 heavy (non-hydrogen) atoms. The van der Waals surface area contributed by atoms with E-state index in [1.165, 1.54) is 78.6 Å². The zero-order valence-corrected chi connectivity index (χ0v) is 21.4. The van der Waals surface area contributed by atoms with Gasteiger partial charge in [-0.1, -0.05) is 49.4 Å². The maximum absolute atomic E-state index is 14.8. The minimum Gasteiger partial charge on any atom is -0.354 e.